The molecule has 0 aromatic carbocycles. The fourth-order valence-corrected chi connectivity index (χ4v) is 5.20. The van der Waals surface area contributed by atoms with Crippen LogP contribution >= 0.6 is 34.8 Å². The fourth-order valence-electron chi connectivity index (χ4n) is 4.05. The van der Waals surface area contributed by atoms with Crippen LogP contribution in [0.5, 0.6) is 0 Å². The first-order valence-electron chi connectivity index (χ1n) is 10.7. The molecule has 31 heavy (non-hydrogen) atoms. The van der Waals surface area contributed by atoms with Gasteiger partial charge in [0.15, 0.2) is 0 Å². The summed E-state index contributed by atoms with van der Waals surface area (Å²) in [5.41, 5.74) is 0. The van der Waals surface area contributed by atoms with E-state index >= 15 is 0 Å². The predicted octanol–water partition coefficient (Wildman–Crippen LogP) is 1.22. The van der Waals surface area contributed by atoms with E-state index in [1.54, 1.807) is 0 Å². The Hall–Kier alpha value is -0.188. The van der Waals surface area contributed by atoms with Crippen molar-refractivity contribution >= 4 is 70.1 Å². The molecule has 6 nitrogen and oxygen atoms in total. The number of halogens is 3. The molecule has 6 unspecified atom stereocenters. The number of alkyl halides is 3. The van der Waals surface area contributed by atoms with Gasteiger partial charge in [0.25, 0.3) is 0 Å². The zero-order valence-corrected chi connectivity index (χ0v) is 21.0. The summed E-state index contributed by atoms with van der Waals surface area (Å²) in [4.78, 5) is 31.1. The maximum atomic E-state index is 10.4. The topological polar surface area (TPSA) is 120 Å². The van der Waals surface area contributed by atoms with Gasteiger partial charge < -0.3 is 29.7 Å². The van der Waals surface area contributed by atoms with Gasteiger partial charge >= 0.3 is 17.4 Å². The van der Waals surface area contributed by atoms with Gasteiger partial charge in [0.2, 0.25) is 0 Å². The summed E-state index contributed by atoms with van der Waals surface area (Å²) in [7, 11) is 0. The third-order valence-corrected chi connectivity index (χ3v) is 7.52. The molecule has 6 atom stereocenters. The number of carboxylic acid groups (broad SMARTS) is 3. The number of rotatable bonds is 3. The van der Waals surface area contributed by atoms with Crippen LogP contribution in [0.3, 0.4) is 0 Å². The smallest absolute Gasteiger partial charge is 0.550 e. The Bertz CT molecular complexity index is 489. The van der Waals surface area contributed by atoms with Crippen molar-refractivity contribution in [2.75, 3.05) is 0 Å². The molecule has 0 aromatic heterocycles. The Morgan fingerprint density at radius 1 is 0.484 bits per heavy atom. The molecule has 3 saturated carbocycles. The summed E-state index contributed by atoms with van der Waals surface area (Å²) in [6.45, 7) is 0. The first-order valence-corrected chi connectivity index (χ1v) is 12.0. The average molecular weight is 512 g/mol. The van der Waals surface area contributed by atoms with E-state index in [-0.39, 0.29) is 33.5 Å². The maximum absolute atomic E-state index is 10.4. The van der Waals surface area contributed by atoms with E-state index in [2.05, 4.69) is 0 Å². The summed E-state index contributed by atoms with van der Waals surface area (Å²) in [6, 6.07) is 0. The van der Waals surface area contributed by atoms with Gasteiger partial charge in [-0.05, 0) is 38.5 Å². The van der Waals surface area contributed by atoms with E-state index < -0.39 is 35.7 Å². The van der Waals surface area contributed by atoms with Crippen molar-refractivity contribution in [2.24, 2.45) is 17.8 Å². The van der Waals surface area contributed by atoms with Gasteiger partial charge in [0, 0.05) is 51.8 Å². The molecule has 0 bridgehead atoms. The zero-order chi connectivity index (χ0) is 22.7. The Labute approximate surface area is 210 Å². The van der Waals surface area contributed by atoms with Gasteiger partial charge in [-0.3, -0.25) is 0 Å². The normalized spacial score (nSPS) is 32.6. The van der Waals surface area contributed by atoms with Gasteiger partial charge in [0.05, 0.1) is 0 Å². The third-order valence-electron chi connectivity index (χ3n) is 5.95. The van der Waals surface area contributed by atoms with Gasteiger partial charge in [-0.2, -0.15) is 0 Å². The molecule has 10 heteroatoms. The Kier molecular flexibility index (Phi) is 16.3. The van der Waals surface area contributed by atoms with Crippen LogP contribution in [-0.4, -0.2) is 51.4 Å². The van der Waals surface area contributed by atoms with Crippen molar-refractivity contribution in [1.82, 2.24) is 0 Å². The van der Waals surface area contributed by atoms with Crippen molar-refractivity contribution in [1.29, 1.82) is 0 Å². The van der Waals surface area contributed by atoms with Crippen LogP contribution in [0.2, 0.25) is 0 Å². The van der Waals surface area contributed by atoms with Gasteiger partial charge in [-0.15, -0.1) is 34.8 Å². The summed E-state index contributed by atoms with van der Waals surface area (Å²) in [5.74, 6) is -4.18. The minimum absolute atomic E-state index is 0. The first-order chi connectivity index (χ1) is 14.1. The van der Waals surface area contributed by atoms with Crippen molar-refractivity contribution < 1.29 is 29.7 Å². The van der Waals surface area contributed by atoms with E-state index in [0.717, 1.165) is 57.8 Å². The van der Waals surface area contributed by atoms with Crippen LogP contribution in [0, 0.1) is 17.8 Å². The molecule has 0 aromatic rings. The molecule has 3 aliphatic carbocycles. The van der Waals surface area contributed by atoms with Crippen LogP contribution in [-0.2, 0) is 14.4 Å². The van der Waals surface area contributed by atoms with Crippen LogP contribution in [0.1, 0.15) is 77.0 Å². The summed E-state index contributed by atoms with van der Waals surface area (Å²) < 4.78 is 0. The predicted molar refractivity (Wildman–Crippen MR) is 116 cm³/mol. The van der Waals surface area contributed by atoms with Gasteiger partial charge in [0.1, 0.15) is 0 Å². The van der Waals surface area contributed by atoms with Gasteiger partial charge in [-0.1, -0.05) is 38.5 Å². The molecule has 0 heterocycles. The zero-order valence-electron chi connectivity index (χ0n) is 17.6. The quantitative estimate of drug-likeness (QED) is 0.415. The van der Waals surface area contributed by atoms with E-state index in [1.807, 2.05) is 0 Å². The third kappa shape index (κ3) is 11.5. The minimum Gasteiger partial charge on any atom is -0.550 e. The molecule has 174 valence electrons. The second-order valence-corrected chi connectivity index (χ2v) is 9.86. The average Bonchev–Trinajstić information content (AvgIpc) is 2.69. The van der Waals surface area contributed by atoms with E-state index in [9.17, 15) is 29.7 Å². The molecule has 3 aliphatic rings. The molecule has 0 radical (unpaired) electrons. The van der Waals surface area contributed by atoms with Crippen molar-refractivity contribution in [2.45, 2.75) is 93.2 Å². The summed E-state index contributed by atoms with van der Waals surface area (Å²) in [6.07, 6.45) is 10.6. The van der Waals surface area contributed by atoms with Crippen LogP contribution in [0.15, 0.2) is 0 Å². The van der Waals surface area contributed by atoms with Crippen LogP contribution in [0.4, 0.5) is 0 Å². The fraction of sp³-hybridized carbons (Fsp3) is 0.857. The van der Waals surface area contributed by atoms with Crippen molar-refractivity contribution in [3.63, 3.8) is 0 Å². The molecule has 3 rings (SSSR count). The number of hydrogen-bond donors (Lipinski definition) is 0. The van der Waals surface area contributed by atoms with Crippen molar-refractivity contribution in [3.05, 3.63) is 0 Å². The second kappa shape index (κ2) is 16.4. The van der Waals surface area contributed by atoms with Crippen LogP contribution in [0.25, 0.3) is 0 Å². The molecule has 0 amide bonds. The Morgan fingerprint density at radius 2 is 0.677 bits per heavy atom. The van der Waals surface area contributed by atoms with E-state index in [1.165, 1.54) is 0 Å². The number of aliphatic carboxylic acids is 3. The number of carbonyl (C=O) groups excluding carboxylic acids is 3. The maximum Gasteiger partial charge on any atom is 3.00 e. The number of carboxylic acids is 3. The second-order valence-electron chi connectivity index (χ2n) is 8.18. The number of carbonyl (C=O) groups is 3. The van der Waals surface area contributed by atoms with Crippen LogP contribution < -0.4 is 15.3 Å². The Morgan fingerprint density at radius 3 is 0.806 bits per heavy atom. The van der Waals surface area contributed by atoms with Gasteiger partial charge in [-0.25, -0.2) is 0 Å². The minimum atomic E-state index is -0.986. The Balaban J connectivity index is 0.000000429. The monoisotopic (exact) mass is 510 g/mol. The summed E-state index contributed by atoms with van der Waals surface area (Å²) in [5, 5.41) is 30.5. The molecular formula is C21H30AlCl3O6. The molecule has 3 fully saturated rings. The first kappa shape index (κ1) is 30.8. The SMILES string of the molecule is O=C([O-])C1CCCCC1Cl.O=C([O-])C1CCCCC1Cl.O=C([O-])C1CCCCC1Cl.[Al+3]. The van der Waals surface area contributed by atoms with E-state index in [0.29, 0.717) is 19.3 Å². The van der Waals surface area contributed by atoms with E-state index in [4.69, 9.17) is 34.8 Å². The molecular weight excluding hydrogens is 482 g/mol. The summed E-state index contributed by atoms with van der Waals surface area (Å²) >= 11 is 17.3. The largest absolute Gasteiger partial charge is 3.00 e. The standard InChI is InChI=1S/3C7H11ClO2.Al/c3*8-6-4-2-1-3-5(6)7(9)10;/h3*5-6H,1-4H2,(H,9,10);/q;;;+3/p-3. The molecule has 0 aliphatic heterocycles. The molecule has 0 spiro atoms. The molecule has 0 N–H and O–H groups in total. The number of hydrogen-bond acceptors (Lipinski definition) is 6. The van der Waals surface area contributed by atoms with Crippen molar-refractivity contribution in [3.8, 4) is 0 Å². The molecule has 0 saturated heterocycles.